The smallest absolute Gasteiger partial charge is 0.0208 e. The van der Waals surface area contributed by atoms with Crippen molar-refractivity contribution in [2.45, 2.75) is 32.7 Å². The van der Waals surface area contributed by atoms with Crippen molar-refractivity contribution in [1.29, 1.82) is 0 Å². The molecule has 96 valence electrons. The molecule has 0 amide bonds. The Morgan fingerprint density at radius 3 is 2.35 bits per heavy atom. The fourth-order valence-corrected chi connectivity index (χ4v) is 1.93. The summed E-state index contributed by atoms with van der Waals surface area (Å²) in [5, 5.41) is 3.50. The van der Waals surface area contributed by atoms with Gasteiger partial charge in [0.15, 0.2) is 0 Å². The highest BCUT2D eigenvalue weighted by Crippen LogP contribution is 2.25. The van der Waals surface area contributed by atoms with E-state index in [0.29, 0.717) is 0 Å². The minimum Gasteiger partial charge on any atom is -0.311 e. The van der Waals surface area contributed by atoms with Crippen LogP contribution in [0, 0.1) is 0 Å². The fraction of sp³-hybridized carbons (Fsp3) is 0.600. The number of nitrogens with zero attached hydrogens (tertiary/aromatic N) is 1. The first kappa shape index (κ1) is 14.2. The zero-order valence-electron chi connectivity index (χ0n) is 11.9. The summed E-state index contributed by atoms with van der Waals surface area (Å²) in [5.41, 5.74) is 3.08. The van der Waals surface area contributed by atoms with Crippen LogP contribution in [0.25, 0.3) is 0 Å². The van der Waals surface area contributed by atoms with E-state index in [2.05, 4.69) is 69.3 Å². The summed E-state index contributed by atoms with van der Waals surface area (Å²) in [6.45, 7) is 9.88. The molecule has 0 aromatic heterocycles. The van der Waals surface area contributed by atoms with Crippen molar-refractivity contribution >= 4 is 0 Å². The van der Waals surface area contributed by atoms with Crippen LogP contribution in [0.5, 0.6) is 0 Å². The highest BCUT2D eigenvalue weighted by atomic mass is 15.1. The summed E-state index contributed by atoms with van der Waals surface area (Å²) in [5.74, 6) is 0. The summed E-state index contributed by atoms with van der Waals surface area (Å²) < 4.78 is 0. The number of rotatable bonds is 5. The lowest BCUT2D eigenvalue weighted by Gasteiger charge is -2.23. The lowest BCUT2D eigenvalue weighted by molar-refractivity contribution is 0.399. The highest BCUT2D eigenvalue weighted by Gasteiger charge is 2.16. The second-order valence-electron chi connectivity index (χ2n) is 5.89. The second kappa shape index (κ2) is 6.18. The molecule has 0 heterocycles. The molecule has 0 unspecified atom stereocenters. The molecule has 0 saturated heterocycles. The van der Waals surface area contributed by atoms with E-state index in [1.807, 2.05) is 0 Å². The maximum atomic E-state index is 3.50. The molecule has 0 saturated carbocycles. The van der Waals surface area contributed by atoms with Crippen LogP contribution in [0.4, 0.5) is 0 Å². The number of benzene rings is 1. The molecule has 1 aromatic rings. The lowest BCUT2D eigenvalue weighted by atomic mass is 9.84. The van der Waals surface area contributed by atoms with Gasteiger partial charge in [-0.3, -0.25) is 0 Å². The molecule has 0 bridgehead atoms. The first-order valence-corrected chi connectivity index (χ1v) is 6.35. The topological polar surface area (TPSA) is 15.3 Å². The maximum absolute atomic E-state index is 3.50. The molecule has 0 radical (unpaired) electrons. The van der Waals surface area contributed by atoms with E-state index in [0.717, 1.165) is 19.6 Å². The summed E-state index contributed by atoms with van der Waals surface area (Å²) in [7, 11) is 4.20. The number of hydrogen-bond acceptors (Lipinski definition) is 2. The SMILES string of the molecule is CN(C)CCNCc1ccccc1C(C)(C)C. The zero-order valence-corrected chi connectivity index (χ0v) is 11.9. The van der Waals surface area contributed by atoms with E-state index < -0.39 is 0 Å². The first-order valence-electron chi connectivity index (χ1n) is 6.35. The number of nitrogens with one attached hydrogen (secondary N) is 1. The Morgan fingerprint density at radius 1 is 1.12 bits per heavy atom. The Hall–Kier alpha value is -0.860. The fourth-order valence-electron chi connectivity index (χ4n) is 1.93. The zero-order chi connectivity index (χ0) is 12.9. The van der Waals surface area contributed by atoms with E-state index >= 15 is 0 Å². The van der Waals surface area contributed by atoms with Gasteiger partial charge < -0.3 is 10.2 Å². The van der Waals surface area contributed by atoms with E-state index in [-0.39, 0.29) is 5.41 Å². The quantitative estimate of drug-likeness (QED) is 0.788. The van der Waals surface area contributed by atoms with Crippen LogP contribution < -0.4 is 5.32 Å². The molecule has 0 aliphatic carbocycles. The molecule has 17 heavy (non-hydrogen) atoms. The van der Waals surface area contributed by atoms with Gasteiger partial charge in [0.2, 0.25) is 0 Å². The minimum atomic E-state index is 0.222. The predicted molar refractivity (Wildman–Crippen MR) is 75.4 cm³/mol. The Balaban J connectivity index is 2.59. The Bertz CT molecular complexity index is 337. The molecule has 0 spiro atoms. The summed E-state index contributed by atoms with van der Waals surface area (Å²) in [4.78, 5) is 2.20. The predicted octanol–water partition coefficient (Wildman–Crippen LogP) is 2.64. The van der Waals surface area contributed by atoms with Gasteiger partial charge in [-0.2, -0.15) is 0 Å². The largest absolute Gasteiger partial charge is 0.311 e. The van der Waals surface area contributed by atoms with E-state index in [9.17, 15) is 0 Å². The molecule has 1 aromatic carbocycles. The van der Waals surface area contributed by atoms with Gasteiger partial charge in [0, 0.05) is 19.6 Å². The molecule has 0 atom stereocenters. The Kier molecular flexibility index (Phi) is 5.16. The van der Waals surface area contributed by atoms with Gasteiger partial charge in [-0.25, -0.2) is 0 Å². The monoisotopic (exact) mass is 234 g/mol. The molecule has 1 N–H and O–H groups in total. The summed E-state index contributed by atoms with van der Waals surface area (Å²) in [6, 6.07) is 8.72. The van der Waals surface area contributed by atoms with Crippen LogP contribution in [0.15, 0.2) is 24.3 Å². The van der Waals surface area contributed by atoms with Crippen LogP contribution >= 0.6 is 0 Å². The Labute approximate surface area is 106 Å². The van der Waals surface area contributed by atoms with Crippen molar-refractivity contribution < 1.29 is 0 Å². The molecule has 1 rings (SSSR count). The number of hydrogen-bond donors (Lipinski definition) is 1. The molecule has 2 nitrogen and oxygen atoms in total. The van der Waals surface area contributed by atoms with Crippen molar-refractivity contribution in [3.63, 3.8) is 0 Å². The second-order valence-corrected chi connectivity index (χ2v) is 5.89. The maximum Gasteiger partial charge on any atom is 0.0208 e. The van der Waals surface area contributed by atoms with Gasteiger partial charge in [0.25, 0.3) is 0 Å². The van der Waals surface area contributed by atoms with Gasteiger partial charge >= 0.3 is 0 Å². The molecule has 0 aliphatic heterocycles. The molecule has 0 fully saturated rings. The van der Waals surface area contributed by atoms with Crippen LogP contribution in [0.2, 0.25) is 0 Å². The first-order chi connectivity index (χ1) is 7.91. The molecular formula is C15H26N2. The third kappa shape index (κ3) is 4.88. The number of likely N-dealkylation sites (N-methyl/N-ethyl adjacent to an activating group) is 1. The average Bonchev–Trinajstić information content (AvgIpc) is 2.23. The highest BCUT2D eigenvalue weighted by molar-refractivity contribution is 5.32. The Morgan fingerprint density at radius 2 is 1.76 bits per heavy atom. The van der Waals surface area contributed by atoms with Crippen LogP contribution in [-0.4, -0.2) is 32.1 Å². The van der Waals surface area contributed by atoms with Crippen LogP contribution in [-0.2, 0) is 12.0 Å². The van der Waals surface area contributed by atoms with E-state index in [4.69, 9.17) is 0 Å². The molecule has 0 aliphatic rings. The summed E-state index contributed by atoms with van der Waals surface area (Å²) >= 11 is 0. The summed E-state index contributed by atoms with van der Waals surface area (Å²) in [6.07, 6.45) is 0. The van der Waals surface area contributed by atoms with Crippen molar-refractivity contribution in [3.05, 3.63) is 35.4 Å². The lowest BCUT2D eigenvalue weighted by Crippen LogP contribution is -2.27. The normalized spacial score (nSPS) is 12.1. The molecule has 2 heteroatoms. The van der Waals surface area contributed by atoms with Crippen molar-refractivity contribution in [2.24, 2.45) is 0 Å². The van der Waals surface area contributed by atoms with Gasteiger partial charge in [0.05, 0.1) is 0 Å². The van der Waals surface area contributed by atoms with Gasteiger partial charge in [-0.05, 0) is 30.6 Å². The minimum absolute atomic E-state index is 0.222. The van der Waals surface area contributed by atoms with E-state index in [1.165, 1.54) is 11.1 Å². The third-order valence-electron chi connectivity index (χ3n) is 2.88. The van der Waals surface area contributed by atoms with Gasteiger partial charge in [-0.1, -0.05) is 45.0 Å². The van der Waals surface area contributed by atoms with Gasteiger partial charge in [0.1, 0.15) is 0 Å². The van der Waals surface area contributed by atoms with Gasteiger partial charge in [-0.15, -0.1) is 0 Å². The van der Waals surface area contributed by atoms with E-state index in [1.54, 1.807) is 0 Å². The average molecular weight is 234 g/mol. The van der Waals surface area contributed by atoms with Crippen LogP contribution in [0.3, 0.4) is 0 Å². The van der Waals surface area contributed by atoms with Crippen molar-refractivity contribution in [1.82, 2.24) is 10.2 Å². The molecular weight excluding hydrogens is 208 g/mol. The van der Waals surface area contributed by atoms with Crippen LogP contribution in [0.1, 0.15) is 31.9 Å². The van der Waals surface area contributed by atoms with Crippen molar-refractivity contribution in [3.8, 4) is 0 Å². The third-order valence-corrected chi connectivity index (χ3v) is 2.88. The standard InChI is InChI=1S/C15H26N2/c1-15(2,3)14-9-7-6-8-13(14)12-16-10-11-17(4)5/h6-9,16H,10-12H2,1-5H3. The van der Waals surface area contributed by atoms with Crippen molar-refractivity contribution in [2.75, 3.05) is 27.2 Å².